The molecule has 0 saturated carbocycles. The van der Waals surface area contributed by atoms with E-state index in [9.17, 15) is 0 Å². The first-order valence-corrected chi connectivity index (χ1v) is 2.61. The summed E-state index contributed by atoms with van der Waals surface area (Å²) in [6.07, 6.45) is 1.92. The van der Waals surface area contributed by atoms with Gasteiger partial charge in [0.2, 0.25) is 0 Å². The van der Waals surface area contributed by atoms with Crippen LogP contribution in [-0.2, 0) is 0 Å². The maximum Gasteiger partial charge on any atom is 0.0537 e. The van der Waals surface area contributed by atoms with Crippen molar-refractivity contribution in [1.82, 2.24) is 5.32 Å². The first-order valence-electron chi connectivity index (χ1n) is 2.61. The number of nitrogens with one attached hydrogen (secondary N) is 1. The summed E-state index contributed by atoms with van der Waals surface area (Å²) in [6, 6.07) is 0.588. The zero-order valence-corrected chi connectivity index (χ0v) is 4.52. The van der Waals surface area contributed by atoms with Crippen LogP contribution in [0.15, 0.2) is 4.99 Å². The van der Waals surface area contributed by atoms with E-state index in [1.54, 1.807) is 0 Å². The zero-order valence-electron chi connectivity index (χ0n) is 4.52. The van der Waals surface area contributed by atoms with Crippen molar-refractivity contribution < 1.29 is 0 Å². The summed E-state index contributed by atoms with van der Waals surface area (Å²) in [5.41, 5.74) is 0. The molecule has 1 N–H and O–H groups in total. The van der Waals surface area contributed by atoms with Gasteiger partial charge in [-0.2, -0.15) is 0 Å². The first kappa shape index (κ1) is 4.78. The number of hydrogen-bond donors (Lipinski definition) is 1. The van der Waals surface area contributed by atoms with Crippen molar-refractivity contribution in [2.45, 2.75) is 13.0 Å². The third-order valence-electron chi connectivity index (χ3n) is 1.07. The van der Waals surface area contributed by atoms with Crippen LogP contribution < -0.4 is 5.32 Å². The highest BCUT2D eigenvalue weighted by atomic mass is 15.0. The van der Waals surface area contributed by atoms with Crippen LogP contribution in [0.2, 0.25) is 0 Å². The van der Waals surface area contributed by atoms with Crippen LogP contribution in [-0.4, -0.2) is 25.3 Å². The van der Waals surface area contributed by atoms with E-state index in [1.165, 1.54) is 0 Å². The molecule has 1 heterocycles. The van der Waals surface area contributed by atoms with Crippen LogP contribution in [0.5, 0.6) is 0 Å². The fourth-order valence-electron chi connectivity index (χ4n) is 0.616. The molecule has 0 spiro atoms. The van der Waals surface area contributed by atoms with E-state index in [1.807, 2.05) is 6.21 Å². The monoisotopic (exact) mass is 98.1 g/mol. The Bertz CT molecular complexity index is 78.1. The maximum absolute atomic E-state index is 4.07. The van der Waals surface area contributed by atoms with Gasteiger partial charge in [0.15, 0.2) is 0 Å². The molecule has 0 aliphatic carbocycles. The molecular weight excluding hydrogens is 88.1 g/mol. The van der Waals surface area contributed by atoms with E-state index in [2.05, 4.69) is 17.2 Å². The van der Waals surface area contributed by atoms with Gasteiger partial charge in [0.25, 0.3) is 0 Å². The molecule has 7 heavy (non-hydrogen) atoms. The predicted octanol–water partition coefficient (Wildman–Crippen LogP) is 0.0489. The molecule has 2 nitrogen and oxygen atoms in total. The summed E-state index contributed by atoms with van der Waals surface area (Å²) in [5, 5.41) is 3.23. The van der Waals surface area contributed by atoms with E-state index >= 15 is 0 Å². The molecule has 2 heteroatoms. The standard InChI is InChI=1S/C5H10N2/c1-5-4-6-2-3-7-5/h2,5,7H,3-4H2,1H3. The molecule has 0 saturated heterocycles. The lowest BCUT2D eigenvalue weighted by Crippen LogP contribution is -2.33. The van der Waals surface area contributed by atoms with E-state index < -0.39 is 0 Å². The van der Waals surface area contributed by atoms with Crippen molar-refractivity contribution >= 4 is 6.21 Å². The van der Waals surface area contributed by atoms with Crippen molar-refractivity contribution in [3.8, 4) is 0 Å². The van der Waals surface area contributed by atoms with Crippen molar-refractivity contribution in [3.05, 3.63) is 0 Å². The lowest BCUT2D eigenvalue weighted by molar-refractivity contribution is 0.586. The molecule has 0 radical (unpaired) electrons. The maximum atomic E-state index is 4.07. The molecule has 1 rings (SSSR count). The Hall–Kier alpha value is -0.370. The van der Waals surface area contributed by atoms with Crippen molar-refractivity contribution in [1.29, 1.82) is 0 Å². The Morgan fingerprint density at radius 3 is 3.00 bits per heavy atom. The molecule has 0 aromatic carbocycles. The zero-order chi connectivity index (χ0) is 5.11. The molecule has 1 atom stereocenters. The molecule has 1 aliphatic heterocycles. The van der Waals surface area contributed by atoms with Gasteiger partial charge in [0, 0.05) is 18.8 Å². The largest absolute Gasteiger partial charge is 0.307 e. The van der Waals surface area contributed by atoms with Crippen molar-refractivity contribution in [3.63, 3.8) is 0 Å². The third kappa shape index (κ3) is 1.27. The fourth-order valence-corrected chi connectivity index (χ4v) is 0.616. The smallest absolute Gasteiger partial charge is 0.0537 e. The summed E-state index contributed by atoms with van der Waals surface area (Å²) in [5.74, 6) is 0. The van der Waals surface area contributed by atoms with Gasteiger partial charge >= 0.3 is 0 Å². The van der Waals surface area contributed by atoms with Crippen molar-refractivity contribution in [2.75, 3.05) is 13.1 Å². The summed E-state index contributed by atoms with van der Waals surface area (Å²) in [6.45, 7) is 4.03. The number of hydrogen-bond acceptors (Lipinski definition) is 2. The van der Waals surface area contributed by atoms with Gasteiger partial charge in [-0.3, -0.25) is 4.99 Å². The van der Waals surface area contributed by atoms with Crippen molar-refractivity contribution in [2.24, 2.45) is 4.99 Å². The summed E-state index contributed by atoms with van der Waals surface area (Å²) in [7, 11) is 0. The van der Waals surface area contributed by atoms with Crippen LogP contribution in [0, 0.1) is 0 Å². The highest BCUT2D eigenvalue weighted by Crippen LogP contribution is 1.84. The van der Waals surface area contributed by atoms with Crippen LogP contribution in [0.4, 0.5) is 0 Å². The molecule has 1 unspecified atom stereocenters. The Morgan fingerprint density at radius 2 is 2.71 bits per heavy atom. The van der Waals surface area contributed by atoms with E-state index in [0.29, 0.717) is 6.04 Å². The van der Waals surface area contributed by atoms with Crippen LogP contribution in [0.3, 0.4) is 0 Å². The van der Waals surface area contributed by atoms with Gasteiger partial charge in [-0.05, 0) is 6.92 Å². The van der Waals surface area contributed by atoms with Gasteiger partial charge in [-0.1, -0.05) is 0 Å². The average molecular weight is 98.1 g/mol. The first-order chi connectivity index (χ1) is 3.39. The lowest BCUT2D eigenvalue weighted by Gasteiger charge is -2.12. The summed E-state index contributed by atoms with van der Waals surface area (Å²) in [4.78, 5) is 4.07. The molecule has 1 aliphatic rings. The summed E-state index contributed by atoms with van der Waals surface area (Å²) < 4.78 is 0. The number of rotatable bonds is 0. The molecule has 0 amide bonds. The van der Waals surface area contributed by atoms with Crippen LogP contribution >= 0.6 is 0 Å². The Balaban J connectivity index is 2.32. The van der Waals surface area contributed by atoms with Gasteiger partial charge in [0.05, 0.1) is 6.54 Å². The molecule has 0 fully saturated rings. The second-order valence-electron chi connectivity index (χ2n) is 1.86. The fraction of sp³-hybridized carbons (Fsp3) is 0.800. The highest BCUT2D eigenvalue weighted by Gasteiger charge is 1.99. The SMILES string of the molecule is CC1CN=CCN1. The molecule has 0 aromatic rings. The second kappa shape index (κ2) is 2.07. The average Bonchev–Trinajstić information content (AvgIpc) is 1.69. The minimum absolute atomic E-state index is 0.588. The summed E-state index contributed by atoms with van der Waals surface area (Å²) >= 11 is 0. The number of aliphatic imine (C=N–C) groups is 1. The Kier molecular flexibility index (Phi) is 1.42. The normalized spacial score (nSPS) is 30.7. The van der Waals surface area contributed by atoms with Gasteiger partial charge in [-0.25, -0.2) is 0 Å². The van der Waals surface area contributed by atoms with Crippen LogP contribution in [0.1, 0.15) is 6.92 Å². The molecule has 0 bridgehead atoms. The second-order valence-corrected chi connectivity index (χ2v) is 1.86. The molecular formula is C5H10N2. The quantitative estimate of drug-likeness (QED) is 0.455. The minimum atomic E-state index is 0.588. The number of nitrogens with zero attached hydrogens (tertiary/aromatic N) is 1. The van der Waals surface area contributed by atoms with Gasteiger partial charge in [-0.15, -0.1) is 0 Å². The van der Waals surface area contributed by atoms with Gasteiger partial charge in [0.1, 0.15) is 0 Å². The minimum Gasteiger partial charge on any atom is -0.307 e. The lowest BCUT2D eigenvalue weighted by atomic mass is 10.3. The predicted molar refractivity (Wildman–Crippen MR) is 30.8 cm³/mol. The Morgan fingerprint density at radius 1 is 1.86 bits per heavy atom. The third-order valence-corrected chi connectivity index (χ3v) is 1.07. The highest BCUT2D eigenvalue weighted by molar-refractivity contribution is 5.60. The molecule has 0 aromatic heterocycles. The van der Waals surface area contributed by atoms with Gasteiger partial charge < -0.3 is 5.32 Å². The van der Waals surface area contributed by atoms with E-state index in [-0.39, 0.29) is 0 Å². The van der Waals surface area contributed by atoms with E-state index in [0.717, 1.165) is 13.1 Å². The molecule has 40 valence electrons. The van der Waals surface area contributed by atoms with Crippen LogP contribution in [0.25, 0.3) is 0 Å². The topological polar surface area (TPSA) is 24.4 Å². The van der Waals surface area contributed by atoms with E-state index in [4.69, 9.17) is 0 Å². The Labute approximate surface area is 43.6 Å².